The van der Waals surface area contributed by atoms with E-state index in [1.54, 1.807) is 18.2 Å². The Bertz CT molecular complexity index is 1130. The summed E-state index contributed by atoms with van der Waals surface area (Å²) in [6.45, 7) is 0. The number of nitrogen functional groups attached to an aromatic ring is 1. The largest absolute Gasteiger partial charge is 0.507 e. The van der Waals surface area contributed by atoms with Crippen LogP contribution in [0.1, 0.15) is 0 Å². The fourth-order valence-electron chi connectivity index (χ4n) is 2.83. The number of hydrogen-bond donors (Lipinski definition) is 4. The van der Waals surface area contributed by atoms with Crippen LogP contribution >= 0.6 is 11.3 Å². The summed E-state index contributed by atoms with van der Waals surface area (Å²) in [7, 11) is 0. The summed E-state index contributed by atoms with van der Waals surface area (Å²) < 4.78 is 0.601. The number of H-pyrrole nitrogens is 1. The molecule has 0 aliphatic carbocycles. The molecule has 5 nitrogen and oxygen atoms in total. The molecule has 0 aliphatic rings. The minimum absolute atomic E-state index is 0.0510. The maximum atomic E-state index is 12.1. The zero-order valence-electron chi connectivity index (χ0n) is 11.8. The number of thiophene rings is 1. The average Bonchev–Trinajstić information content (AvgIpc) is 3.01. The summed E-state index contributed by atoms with van der Waals surface area (Å²) in [4.78, 5) is 15.0. The van der Waals surface area contributed by atoms with Crippen LogP contribution in [-0.4, -0.2) is 15.2 Å². The molecule has 4 rings (SSSR count). The molecule has 2 aromatic heterocycles. The number of pyridine rings is 1. The van der Waals surface area contributed by atoms with Crippen molar-refractivity contribution in [2.24, 2.45) is 0 Å². The number of phenolic OH excluding ortho intramolecular Hbond substituents is 2. The van der Waals surface area contributed by atoms with Crippen molar-refractivity contribution in [2.45, 2.75) is 0 Å². The van der Waals surface area contributed by atoms with Crippen molar-refractivity contribution in [3.63, 3.8) is 0 Å². The van der Waals surface area contributed by atoms with Crippen molar-refractivity contribution in [1.29, 1.82) is 0 Å². The van der Waals surface area contributed by atoms with E-state index in [0.29, 0.717) is 21.3 Å². The van der Waals surface area contributed by atoms with Gasteiger partial charge in [0.1, 0.15) is 16.2 Å². The number of fused-ring (bicyclic) bond motifs is 3. The number of anilines is 1. The Balaban J connectivity index is 2.21. The van der Waals surface area contributed by atoms with Crippen LogP contribution in [0.2, 0.25) is 0 Å². The van der Waals surface area contributed by atoms with Crippen molar-refractivity contribution >= 4 is 38.0 Å². The van der Waals surface area contributed by atoms with E-state index in [1.807, 2.05) is 11.4 Å². The second-order valence-electron chi connectivity index (χ2n) is 5.27. The number of rotatable bonds is 1. The molecular formula is C17H12N2O3S. The topological polar surface area (TPSA) is 99.3 Å². The smallest absolute Gasteiger partial charge is 0.266 e. The van der Waals surface area contributed by atoms with Gasteiger partial charge in [0.25, 0.3) is 5.56 Å². The minimum Gasteiger partial charge on any atom is -0.507 e. The quantitative estimate of drug-likeness (QED) is 0.318. The lowest BCUT2D eigenvalue weighted by Gasteiger charge is -2.11. The maximum Gasteiger partial charge on any atom is 0.266 e. The Morgan fingerprint density at radius 2 is 1.87 bits per heavy atom. The van der Waals surface area contributed by atoms with E-state index in [-0.39, 0.29) is 22.7 Å². The van der Waals surface area contributed by atoms with Gasteiger partial charge < -0.3 is 20.9 Å². The van der Waals surface area contributed by atoms with E-state index in [2.05, 4.69) is 4.98 Å². The summed E-state index contributed by atoms with van der Waals surface area (Å²) in [6.07, 6.45) is 0. The van der Waals surface area contributed by atoms with Gasteiger partial charge in [-0.2, -0.15) is 0 Å². The molecule has 2 aromatic carbocycles. The zero-order valence-corrected chi connectivity index (χ0v) is 12.6. The van der Waals surface area contributed by atoms with E-state index in [9.17, 15) is 15.0 Å². The maximum absolute atomic E-state index is 12.1. The predicted molar refractivity (Wildman–Crippen MR) is 93.1 cm³/mol. The molecule has 6 heteroatoms. The van der Waals surface area contributed by atoms with E-state index < -0.39 is 0 Å². The van der Waals surface area contributed by atoms with Crippen LogP contribution in [-0.2, 0) is 0 Å². The number of hydrogen-bond acceptors (Lipinski definition) is 5. The Kier molecular flexibility index (Phi) is 2.82. The first-order chi connectivity index (χ1) is 11.1. The number of aromatic amines is 1. The van der Waals surface area contributed by atoms with Gasteiger partial charge in [0.2, 0.25) is 0 Å². The third kappa shape index (κ3) is 1.96. The number of benzene rings is 2. The van der Waals surface area contributed by atoms with Crippen molar-refractivity contribution in [1.82, 2.24) is 4.98 Å². The number of aromatic nitrogens is 1. The van der Waals surface area contributed by atoms with Crippen molar-refractivity contribution < 1.29 is 10.2 Å². The number of aromatic hydroxyl groups is 2. The molecule has 0 atom stereocenters. The monoisotopic (exact) mass is 324 g/mol. The van der Waals surface area contributed by atoms with Gasteiger partial charge in [0, 0.05) is 21.9 Å². The average molecular weight is 324 g/mol. The highest BCUT2D eigenvalue weighted by Crippen LogP contribution is 2.41. The van der Waals surface area contributed by atoms with E-state index in [4.69, 9.17) is 5.73 Å². The lowest BCUT2D eigenvalue weighted by atomic mass is 9.97. The zero-order chi connectivity index (χ0) is 16.1. The SMILES string of the molecule is Nc1ccc(-c2c(O)ccc3[nH]c(=O)c4sccc4c23)cc1O. The lowest BCUT2D eigenvalue weighted by Crippen LogP contribution is -2.04. The molecule has 0 saturated heterocycles. The number of nitrogens with one attached hydrogen (secondary N) is 1. The number of phenols is 2. The summed E-state index contributed by atoms with van der Waals surface area (Å²) in [5.41, 5.74) is 7.57. The van der Waals surface area contributed by atoms with Gasteiger partial charge in [-0.25, -0.2) is 0 Å². The molecule has 0 unspecified atom stereocenters. The third-order valence-electron chi connectivity index (χ3n) is 3.89. The molecule has 114 valence electrons. The van der Waals surface area contributed by atoms with Crippen LogP contribution in [0.25, 0.3) is 32.1 Å². The highest BCUT2D eigenvalue weighted by atomic mass is 32.1. The Morgan fingerprint density at radius 1 is 1.04 bits per heavy atom. The highest BCUT2D eigenvalue weighted by molar-refractivity contribution is 7.17. The number of nitrogens with two attached hydrogens (primary N) is 1. The third-order valence-corrected chi connectivity index (χ3v) is 4.80. The van der Waals surface area contributed by atoms with Crippen LogP contribution in [0.15, 0.2) is 46.6 Å². The normalized spacial score (nSPS) is 11.3. The Labute approximate surface area is 134 Å². The molecule has 0 bridgehead atoms. The van der Waals surface area contributed by atoms with Crippen LogP contribution < -0.4 is 11.3 Å². The highest BCUT2D eigenvalue weighted by Gasteiger charge is 2.16. The molecule has 2 heterocycles. The molecule has 0 radical (unpaired) electrons. The summed E-state index contributed by atoms with van der Waals surface area (Å²) in [6, 6.07) is 9.88. The molecule has 5 N–H and O–H groups in total. The van der Waals surface area contributed by atoms with Crippen molar-refractivity contribution in [3.8, 4) is 22.6 Å². The molecular weight excluding hydrogens is 312 g/mol. The van der Waals surface area contributed by atoms with E-state index in [0.717, 1.165) is 10.8 Å². The van der Waals surface area contributed by atoms with Gasteiger partial charge >= 0.3 is 0 Å². The first-order valence-electron chi connectivity index (χ1n) is 6.90. The van der Waals surface area contributed by atoms with Crippen LogP contribution in [0, 0.1) is 0 Å². The van der Waals surface area contributed by atoms with E-state index in [1.165, 1.54) is 23.5 Å². The molecule has 0 fully saturated rings. The molecule has 0 aliphatic heterocycles. The van der Waals surface area contributed by atoms with Crippen molar-refractivity contribution in [2.75, 3.05) is 5.73 Å². The van der Waals surface area contributed by atoms with Gasteiger partial charge in [-0.15, -0.1) is 11.3 Å². The van der Waals surface area contributed by atoms with Gasteiger partial charge in [-0.05, 0) is 41.3 Å². The van der Waals surface area contributed by atoms with Crippen molar-refractivity contribution in [3.05, 3.63) is 52.1 Å². The first kappa shape index (κ1) is 13.7. The fourth-order valence-corrected chi connectivity index (χ4v) is 3.62. The van der Waals surface area contributed by atoms with Gasteiger partial charge in [-0.3, -0.25) is 4.79 Å². The lowest BCUT2D eigenvalue weighted by molar-refractivity contribution is 0.476. The summed E-state index contributed by atoms with van der Waals surface area (Å²) in [5, 5.41) is 23.6. The Morgan fingerprint density at radius 3 is 2.65 bits per heavy atom. The molecule has 23 heavy (non-hydrogen) atoms. The van der Waals surface area contributed by atoms with Gasteiger partial charge in [0.05, 0.1) is 5.69 Å². The second-order valence-corrected chi connectivity index (χ2v) is 6.19. The molecule has 0 saturated carbocycles. The second kappa shape index (κ2) is 4.76. The van der Waals surface area contributed by atoms with Gasteiger partial charge in [-0.1, -0.05) is 6.07 Å². The van der Waals surface area contributed by atoms with Crippen LogP contribution in [0.5, 0.6) is 11.5 Å². The minimum atomic E-state index is -0.153. The standard InChI is InChI=1S/C17H12N2O3S/c18-10-2-1-8(7-13(10)21)14-12(20)4-3-11-15(14)9-5-6-23-16(9)17(22)19-11/h1-7,20-21H,18H2,(H,19,22). The first-order valence-corrected chi connectivity index (χ1v) is 7.78. The van der Waals surface area contributed by atoms with Gasteiger partial charge in [0.15, 0.2) is 0 Å². The van der Waals surface area contributed by atoms with Crippen LogP contribution in [0.3, 0.4) is 0 Å². The summed E-state index contributed by atoms with van der Waals surface area (Å²) >= 11 is 1.35. The molecule has 0 spiro atoms. The fraction of sp³-hybridized carbons (Fsp3) is 0. The van der Waals surface area contributed by atoms with E-state index >= 15 is 0 Å². The Hall–Kier alpha value is -2.99. The molecule has 0 amide bonds. The molecule has 4 aromatic rings. The van der Waals surface area contributed by atoms with Crippen LogP contribution in [0.4, 0.5) is 5.69 Å². The summed E-state index contributed by atoms with van der Waals surface area (Å²) in [5.74, 6) is 0.0195. The predicted octanol–water partition coefficient (Wildman–Crippen LogP) is 3.40.